The summed E-state index contributed by atoms with van der Waals surface area (Å²) in [5.41, 5.74) is 5.08. The lowest BCUT2D eigenvalue weighted by Crippen LogP contribution is -2.43. The van der Waals surface area contributed by atoms with Gasteiger partial charge in [-0.1, -0.05) is 25.3 Å². The van der Waals surface area contributed by atoms with E-state index in [1.54, 1.807) is 26.3 Å². The summed E-state index contributed by atoms with van der Waals surface area (Å²) in [4.78, 5) is 15.3. The molecule has 2 unspecified atom stereocenters. The van der Waals surface area contributed by atoms with Crippen molar-refractivity contribution in [1.82, 2.24) is 22.8 Å². The zero-order valence-electron chi connectivity index (χ0n) is 27.5. The molecule has 3 aromatic rings. The van der Waals surface area contributed by atoms with Crippen LogP contribution in [0.4, 0.5) is 0 Å². The molecule has 0 bridgehead atoms. The molecular weight excluding hydrogens is 627 g/mol. The van der Waals surface area contributed by atoms with Gasteiger partial charge < -0.3 is 14.2 Å². The van der Waals surface area contributed by atoms with Crippen molar-refractivity contribution in [2.24, 2.45) is 0 Å². The molecule has 2 atom stereocenters. The number of rotatable bonds is 10. The Hall–Kier alpha value is -2.97. The van der Waals surface area contributed by atoms with Crippen LogP contribution in [-0.2, 0) is 26.8 Å². The van der Waals surface area contributed by atoms with Gasteiger partial charge in [-0.2, -0.15) is 12.7 Å². The third kappa shape index (κ3) is 5.43. The summed E-state index contributed by atoms with van der Waals surface area (Å²) in [6.45, 7) is 1.19. The van der Waals surface area contributed by atoms with Gasteiger partial charge in [-0.3, -0.25) is 4.79 Å². The molecule has 2 aliphatic carbocycles. The third-order valence-electron chi connectivity index (χ3n) is 10.2. The maximum absolute atomic E-state index is 14.6. The van der Waals surface area contributed by atoms with E-state index in [-0.39, 0.29) is 23.9 Å². The second kappa shape index (κ2) is 11.9. The van der Waals surface area contributed by atoms with E-state index >= 15 is 0 Å². The van der Waals surface area contributed by atoms with Gasteiger partial charge in [-0.05, 0) is 80.7 Å². The second-order valence-corrected chi connectivity index (χ2v) is 17.8. The van der Waals surface area contributed by atoms with Crippen LogP contribution in [0.25, 0.3) is 22.2 Å². The minimum atomic E-state index is -4.01. The molecule has 3 aliphatic rings. The summed E-state index contributed by atoms with van der Waals surface area (Å²) < 4.78 is 65.4. The molecule has 11 nitrogen and oxygen atoms in total. The van der Waals surface area contributed by atoms with Crippen LogP contribution in [0.5, 0.6) is 5.75 Å². The fourth-order valence-corrected chi connectivity index (χ4v) is 10.1. The van der Waals surface area contributed by atoms with Gasteiger partial charge in [-0.15, -0.1) is 0 Å². The van der Waals surface area contributed by atoms with E-state index in [1.807, 2.05) is 37.2 Å². The average molecular weight is 672 g/mol. The van der Waals surface area contributed by atoms with Crippen molar-refractivity contribution in [1.29, 1.82) is 0 Å². The zero-order chi connectivity index (χ0) is 33.2. The van der Waals surface area contributed by atoms with Crippen LogP contribution in [0, 0.1) is 0 Å². The Labute approximate surface area is 272 Å². The molecule has 2 fully saturated rings. The molecular formula is C33H45N5O6S2. The van der Waals surface area contributed by atoms with Crippen LogP contribution >= 0.6 is 0 Å². The largest absolute Gasteiger partial charge is 0.497 e. The lowest BCUT2D eigenvalue weighted by Gasteiger charge is -2.27. The Morgan fingerprint density at radius 2 is 1.70 bits per heavy atom. The molecule has 13 heteroatoms. The zero-order valence-corrected chi connectivity index (χ0v) is 29.2. The molecule has 0 saturated heterocycles. The van der Waals surface area contributed by atoms with E-state index in [1.165, 1.54) is 30.4 Å². The summed E-state index contributed by atoms with van der Waals surface area (Å²) in [6, 6.07) is 11.3. The number of sulfonamides is 1. The molecule has 0 radical (unpaired) electrons. The topological polar surface area (TPSA) is 121 Å². The maximum Gasteiger partial charge on any atom is 0.303 e. The van der Waals surface area contributed by atoms with Crippen molar-refractivity contribution in [3.8, 4) is 17.0 Å². The van der Waals surface area contributed by atoms with E-state index in [9.17, 15) is 21.6 Å². The normalized spacial score (nSPS) is 21.6. The minimum Gasteiger partial charge on any atom is -0.497 e. The molecule has 2 heterocycles. The molecule has 1 aromatic heterocycles. The number of fused-ring (bicyclic) bond motifs is 7. The van der Waals surface area contributed by atoms with Crippen LogP contribution in [0.3, 0.4) is 0 Å². The number of hydrogen-bond donors (Lipinski definition) is 1. The van der Waals surface area contributed by atoms with Crippen molar-refractivity contribution in [2.75, 3.05) is 55.4 Å². The highest BCUT2D eigenvalue weighted by Crippen LogP contribution is 2.64. The Balaban J connectivity index is 1.59. The number of hydrogen-bond acceptors (Lipinski definition) is 7. The van der Waals surface area contributed by atoms with Crippen LogP contribution in [0.1, 0.15) is 71.8 Å². The van der Waals surface area contributed by atoms with Crippen LogP contribution in [0.15, 0.2) is 36.4 Å². The molecule has 1 amide bonds. The Morgan fingerprint density at radius 3 is 2.35 bits per heavy atom. The highest BCUT2D eigenvalue weighted by Gasteiger charge is 2.67. The lowest BCUT2D eigenvalue weighted by atomic mass is 9.81. The highest BCUT2D eigenvalue weighted by molar-refractivity contribution is 7.90. The minimum absolute atomic E-state index is 0.194. The Morgan fingerprint density at radius 1 is 0.978 bits per heavy atom. The highest BCUT2D eigenvalue weighted by atomic mass is 32.2. The standard InChI is InChI=1S/C33H45N5O6S2/c1-35(2)16-17-37(5)45(40,41)33-20-28(33)27-19-24(44-6)13-15-25(27)31-30(22-10-8-7-9-11-22)26-14-12-23(18-29(26)38(31)21-33)32(39)34-46(42,43)36(3)4/h12-15,18-19,22,28H,7-11,16-17,20-21H2,1-6H3,(H,34,39). The molecule has 2 aromatic carbocycles. The number of benzene rings is 2. The SMILES string of the molecule is COc1ccc2c(c1)C1CC1(S(=O)(=O)N(C)CCN(C)C)Cn1c-2c(C2CCCCC2)c2ccc(C(=O)NS(=O)(=O)N(C)C)cc21. The molecule has 250 valence electrons. The predicted octanol–water partition coefficient (Wildman–Crippen LogP) is 3.96. The van der Waals surface area contributed by atoms with Gasteiger partial charge in [0.15, 0.2) is 0 Å². The summed E-state index contributed by atoms with van der Waals surface area (Å²) >= 11 is 0. The predicted molar refractivity (Wildman–Crippen MR) is 180 cm³/mol. The van der Waals surface area contributed by atoms with Crippen LogP contribution in [0.2, 0.25) is 0 Å². The van der Waals surface area contributed by atoms with E-state index in [0.717, 1.165) is 57.7 Å². The second-order valence-electron chi connectivity index (χ2n) is 13.5. The molecule has 1 N–H and O–H groups in total. The third-order valence-corrected chi connectivity index (χ3v) is 14.2. The number of aromatic nitrogens is 1. The number of carbonyl (C=O) groups excluding carboxylic acids is 1. The van der Waals surface area contributed by atoms with E-state index < -0.39 is 30.9 Å². The molecule has 6 rings (SSSR count). The number of methoxy groups -OCH3 is 1. The van der Waals surface area contributed by atoms with E-state index in [0.29, 0.717) is 25.3 Å². The van der Waals surface area contributed by atoms with Gasteiger partial charge in [-0.25, -0.2) is 17.4 Å². The molecule has 0 spiro atoms. The number of likely N-dealkylation sites (N-methyl/N-ethyl adjacent to an activating group) is 2. The molecule has 2 saturated carbocycles. The molecule has 1 aliphatic heterocycles. The summed E-state index contributed by atoms with van der Waals surface area (Å²) in [5, 5.41) is 0.975. The first kappa shape index (κ1) is 33.0. The van der Waals surface area contributed by atoms with Crippen molar-refractivity contribution in [3.63, 3.8) is 0 Å². The van der Waals surface area contributed by atoms with Crippen molar-refractivity contribution in [3.05, 3.63) is 53.1 Å². The van der Waals surface area contributed by atoms with Crippen LogP contribution in [-0.4, -0.2) is 101 Å². The monoisotopic (exact) mass is 671 g/mol. The number of nitrogens with one attached hydrogen (secondary N) is 1. The fourth-order valence-electron chi connectivity index (χ4n) is 7.48. The van der Waals surface area contributed by atoms with Crippen molar-refractivity contribution >= 4 is 37.0 Å². The lowest BCUT2D eigenvalue weighted by molar-refractivity contribution is 0.0979. The Kier molecular flexibility index (Phi) is 8.54. The Bertz CT molecular complexity index is 1900. The summed E-state index contributed by atoms with van der Waals surface area (Å²) in [5.74, 6) is -0.00167. The van der Waals surface area contributed by atoms with E-state index in [4.69, 9.17) is 4.74 Å². The summed E-state index contributed by atoms with van der Waals surface area (Å²) in [6.07, 6.45) is 5.95. The van der Waals surface area contributed by atoms with Gasteiger partial charge >= 0.3 is 10.2 Å². The first-order valence-corrected chi connectivity index (χ1v) is 18.8. The van der Waals surface area contributed by atoms with Crippen molar-refractivity contribution in [2.45, 2.75) is 61.7 Å². The van der Waals surface area contributed by atoms with Gasteiger partial charge in [0.05, 0.1) is 12.8 Å². The molecule has 46 heavy (non-hydrogen) atoms. The number of nitrogens with zero attached hydrogens (tertiary/aromatic N) is 4. The van der Waals surface area contributed by atoms with Gasteiger partial charge in [0.25, 0.3) is 5.91 Å². The van der Waals surface area contributed by atoms with Gasteiger partial charge in [0.2, 0.25) is 10.0 Å². The average Bonchev–Trinajstić information content (AvgIpc) is 3.70. The van der Waals surface area contributed by atoms with Crippen molar-refractivity contribution < 1.29 is 26.4 Å². The smallest absolute Gasteiger partial charge is 0.303 e. The number of carbonyl (C=O) groups is 1. The first-order chi connectivity index (χ1) is 21.7. The maximum atomic E-state index is 14.6. The number of ether oxygens (including phenoxy) is 1. The number of amides is 1. The quantitative estimate of drug-likeness (QED) is 0.347. The van der Waals surface area contributed by atoms with Crippen LogP contribution < -0.4 is 9.46 Å². The van der Waals surface area contributed by atoms with E-state index in [2.05, 4.69) is 15.4 Å². The first-order valence-electron chi connectivity index (χ1n) is 15.9. The van der Waals surface area contributed by atoms with Gasteiger partial charge in [0, 0.05) is 68.7 Å². The fraction of sp³-hybridized carbons (Fsp3) is 0.545. The van der Waals surface area contributed by atoms with Gasteiger partial charge in [0.1, 0.15) is 10.5 Å². The summed E-state index contributed by atoms with van der Waals surface area (Å²) in [7, 11) is 2.07.